The minimum atomic E-state index is -3.48. The maximum Gasteiger partial charge on any atom is 0.244 e. The van der Waals surface area contributed by atoms with Crippen molar-refractivity contribution in [2.45, 2.75) is 25.2 Å². The second kappa shape index (κ2) is 5.44. The van der Waals surface area contributed by atoms with Gasteiger partial charge in [-0.2, -0.15) is 5.10 Å². The SMILES string of the molecule is Cc1nn(C)c(C)c1S(=O)(=O)NCCc1cccs1. The molecule has 0 aliphatic carbocycles. The van der Waals surface area contributed by atoms with E-state index in [2.05, 4.69) is 9.82 Å². The molecule has 0 saturated heterocycles. The molecule has 0 amide bonds. The van der Waals surface area contributed by atoms with Gasteiger partial charge in [0.05, 0.1) is 11.4 Å². The normalized spacial score (nSPS) is 11.9. The van der Waals surface area contributed by atoms with Gasteiger partial charge in [-0.25, -0.2) is 13.1 Å². The fourth-order valence-electron chi connectivity index (χ4n) is 1.98. The third-order valence-corrected chi connectivity index (χ3v) is 5.60. The molecule has 0 aromatic carbocycles. The van der Waals surface area contributed by atoms with Crippen LogP contribution in [0, 0.1) is 13.8 Å². The Hall–Kier alpha value is -1.18. The molecule has 1 N–H and O–H groups in total. The minimum absolute atomic E-state index is 0.293. The number of nitrogens with zero attached hydrogens (tertiary/aromatic N) is 2. The molecular weight excluding hydrogens is 282 g/mol. The fourth-order valence-corrected chi connectivity index (χ4v) is 4.15. The molecule has 0 atom stereocenters. The molecule has 0 saturated carbocycles. The summed E-state index contributed by atoms with van der Waals surface area (Å²) in [7, 11) is -1.74. The summed E-state index contributed by atoms with van der Waals surface area (Å²) >= 11 is 1.63. The quantitative estimate of drug-likeness (QED) is 0.912. The Balaban J connectivity index is 2.10. The molecule has 19 heavy (non-hydrogen) atoms. The average Bonchev–Trinajstić information content (AvgIpc) is 2.88. The second-order valence-corrected chi connectivity index (χ2v) is 7.09. The van der Waals surface area contributed by atoms with Crippen LogP contribution in [0.5, 0.6) is 0 Å². The lowest BCUT2D eigenvalue weighted by atomic mass is 10.3. The largest absolute Gasteiger partial charge is 0.271 e. The zero-order valence-corrected chi connectivity index (χ0v) is 12.8. The Morgan fingerprint density at radius 2 is 2.16 bits per heavy atom. The smallest absolute Gasteiger partial charge is 0.244 e. The van der Waals surface area contributed by atoms with Crippen LogP contribution >= 0.6 is 11.3 Å². The van der Waals surface area contributed by atoms with Crippen LogP contribution in [0.1, 0.15) is 16.3 Å². The number of sulfonamides is 1. The third kappa shape index (κ3) is 3.05. The maximum absolute atomic E-state index is 12.3. The van der Waals surface area contributed by atoms with E-state index in [1.54, 1.807) is 36.9 Å². The van der Waals surface area contributed by atoms with Crippen molar-refractivity contribution in [1.82, 2.24) is 14.5 Å². The van der Waals surface area contributed by atoms with Crippen LogP contribution < -0.4 is 4.72 Å². The Bertz CT molecular complexity index is 657. The van der Waals surface area contributed by atoms with Crippen LogP contribution in [0.4, 0.5) is 0 Å². The highest BCUT2D eigenvalue weighted by Gasteiger charge is 2.23. The van der Waals surface area contributed by atoms with Gasteiger partial charge in [0.1, 0.15) is 4.90 Å². The predicted molar refractivity (Wildman–Crippen MR) is 75.9 cm³/mol. The molecule has 7 heteroatoms. The van der Waals surface area contributed by atoms with Gasteiger partial charge >= 0.3 is 0 Å². The van der Waals surface area contributed by atoms with E-state index in [1.807, 2.05) is 17.5 Å². The van der Waals surface area contributed by atoms with Gasteiger partial charge in [0.25, 0.3) is 0 Å². The van der Waals surface area contributed by atoms with Gasteiger partial charge in [-0.3, -0.25) is 4.68 Å². The number of nitrogens with one attached hydrogen (secondary N) is 1. The van der Waals surface area contributed by atoms with E-state index in [0.717, 1.165) is 0 Å². The molecule has 0 aliphatic heterocycles. The van der Waals surface area contributed by atoms with Crippen molar-refractivity contribution < 1.29 is 8.42 Å². The van der Waals surface area contributed by atoms with Crippen molar-refractivity contribution >= 4 is 21.4 Å². The molecule has 2 aromatic rings. The third-order valence-electron chi connectivity index (χ3n) is 2.95. The maximum atomic E-state index is 12.3. The molecule has 0 spiro atoms. The van der Waals surface area contributed by atoms with Crippen molar-refractivity contribution in [2.75, 3.05) is 6.54 Å². The summed E-state index contributed by atoms with van der Waals surface area (Å²) in [6.45, 7) is 3.87. The standard InChI is InChI=1S/C12H17N3O2S2/c1-9-12(10(2)15(3)14-9)19(16,17)13-7-6-11-5-4-8-18-11/h4-5,8,13H,6-7H2,1-3H3. The fraction of sp³-hybridized carbons (Fsp3) is 0.417. The predicted octanol–water partition coefficient (Wildman–Crippen LogP) is 1.62. The van der Waals surface area contributed by atoms with Crippen molar-refractivity contribution in [1.29, 1.82) is 0 Å². The van der Waals surface area contributed by atoms with Gasteiger partial charge in [0.2, 0.25) is 10.0 Å². The molecule has 2 aromatic heterocycles. The van der Waals surface area contributed by atoms with Crippen LogP contribution in [0.2, 0.25) is 0 Å². The Morgan fingerprint density at radius 1 is 1.42 bits per heavy atom. The molecular formula is C12H17N3O2S2. The molecule has 5 nitrogen and oxygen atoms in total. The van der Waals surface area contributed by atoms with Gasteiger partial charge in [0, 0.05) is 18.5 Å². The summed E-state index contributed by atoms with van der Waals surface area (Å²) in [6.07, 6.45) is 0.704. The Kier molecular flexibility index (Phi) is 4.07. The summed E-state index contributed by atoms with van der Waals surface area (Å²) in [5, 5.41) is 6.12. The molecule has 0 aliphatic rings. The zero-order valence-electron chi connectivity index (χ0n) is 11.2. The molecule has 104 valence electrons. The van der Waals surface area contributed by atoms with E-state index in [1.165, 1.54) is 4.88 Å². The topological polar surface area (TPSA) is 64.0 Å². The molecule has 0 bridgehead atoms. The van der Waals surface area contributed by atoms with Crippen LogP contribution in [0.25, 0.3) is 0 Å². The summed E-state index contributed by atoms with van der Waals surface area (Å²) in [6, 6.07) is 3.96. The first-order valence-electron chi connectivity index (χ1n) is 5.94. The van der Waals surface area contributed by atoms with E-state index in [4.69, 9.17) is 0 Å². The van der Waals surface area contributed by atoms with Crippen molar-refractivity contribution in [3.63, 3.8) is 0 Å². The lowest BCUT2D eigenvalue weighted by molar-refractivity contribution is 0.580. The summed E-state index contributed by atoms with van der Waals surface area (Å²) in [5.41, 5.74) is 1.18. The Labute approximate surface area is 117 Å². The van der Waals surface area contributed by atoms with Gasteiger partial charge in [0.15, 0.2) is 0 Å². The molecule has 0 fully saturated rings. The number of aryl methyl sites for hydroxylation is 2. The number of aromatic nitrogens is 2. The molecule has 0 unspecified atom stereocenters. The first-order chi connectivity index (χ1) is 8.92. The minimum Gasteiger partial charge on any atom is -0.271 e. The van der Waals surface area contributed by atoms with Gasteiger partial charge < -0.3 is 0 Å². The monoisotopic (exact) mass is 299 g/mol. The van der Waals surface area contributed by atoms with Crippen molar-refractivity contribution in [3.8, 4) is 0 Å². The first kappa shape index (κ1) is 14.2. The molecule has 2 heterocycles. The van der Waals surface area contributed by atoms with Crippen LogP contribution in [0.15, 0.2) is 22.4 Å². The van der Waals surface area contributed by atoms with E-state index < -0.39 is 10.0 Å². The van der Waals surface area contributed by atoms with Gasteiger partial charge in [-0.1, -0.05) is 6.07 Å². The summed E-state index contributed by atoms with van der Waals surface area (Å²) in [4.78, 5) is 1.46. The molecule has 0 radical (unpaired) electrons. The number of hydrogen-bond donors (Lipinski definition) is 1. The highest BCUT2D eigenvalue weighted by Crippen LogP contribution is 2.18. The summed E-state index contributed by atoms with van der Waals surface area (Å²) in [5.74, 6) is 0. The van der Waals surface area contributed by atoms with Crippen LogP contribution in [-0.4, -0.2) is 24.7 Å². The summed E-state index contributed by atoms with van der Waals surface area (Å²) < 4.78 is 28.7. The van der Waals surface area contributed by atoms with Crippen molar-refractivity contribution in [3.05, 3.63) is 33.8 Å². The van der Waals surface area contributed by atoms with E-state index in [-0.39, 0.29) is 0 Å². The van der Waals surface area contributed by atoms with Crippen molar-refractivity contribution in [2.24, 2.45) is 7.05 Å². The highest BCUT2D eigenvalue weighted by atomic mass is 32.2. The van der Waals surface area contributed by atoms with E-state index in [0.29, 0.717) is 29.2 Å². The molecule has 2 rings (SSSR count). The van der Waals surface area contributed by atoms with Crippen LogP contribution in [-0.2, 0) is 23.5 Å². The number of thiophene rings is 1. The van der Waals surface area contributed by atoms with E-state index >= 15 is 0 Å². The van der Waals surface area contributed by atoms with Gasteiger partial charge in [-0.05, 0) is 31.7 Å². The highest BCUT2D eigenvalue weighted by molar-refractivity contribution is 7.89. The Morgan fingerprint density at radius 3 is 2.68 bits per heavy atom. The lowest BCUT2D eigenvalue weighted by Gasteiger charge is -2.06. The zero-order chi connectivity index (χ0) is 14.0. The number of hydrogen-bond acceptors (Lipinski definition) is 4. The van der Waals surface area contributed by atoms with Crippen LogP contribution in [0.3, 0.4) is 0 Å². The average molecular weight is 299 g/mol. The first-order valence-corrected chi connectivity index (χ1v) is 8.30. The number of rotatable bonds is 5. The second-order valence-electron chi connectivity index (χ2n) is 4.35. The van der Waals surface area contributed by atoms with E-state index in [9.17, 15) is 8.42 Å². The lowest BCUT2D eigenvalue weighted by Crippen LogP contribution is -2.26. The van der Waals surface area contributed by atoms with Gasteiger partial charge in [-0.15, -0.1) is 11.3 Å².